The summed E-state index contributed by atoms with van der Waals surface area (Å²) < 4.78 is 11.6. The Labute approximate surface area is 286 Å². The number of tetrazole rings is 1. The van der Waals surface area contributed by atoms with Gasteiger partial charge in [-0.15, -0.1) is 10.2 Å². The van der Waals surface area contributed by atoms with Crippen LogP contribution in [-0.4, -0.2) is 102 Å². The molecule has 3 heterocycles. The van der Waals surface area contributed by atoms with Crippen LogP contribution in [0.15, 0.2) is 34.8 Å². The zero-order valence-electron chi connectivity index (χ0n) is 27.2. The number of hydrogen-bond donors (Lipinski definition) is 4. The molecule has 3 amide bonds. The van der Waals surface area contributed by atoms with Gasteiger partial charge >= 0.3 is 12.1 Å². The minimum Gasteiger partial charge on any atom is -0.490 e. The van der Waals surface area contributed by atoms with E-state index in [1.165, 1.54) is 9.70 Å². The van der Waals surface area contributed by atoms with E-state index in [0.717, 1.165) is 19.3 Å². The molecule has 1 aromatic heterocycles. The van der Waals surface area contributed by atoms with Gasteiger partial charge in [-0.1, -0.05) is 25.0 Å². The van der Waals surface area contributed by atoms with Gasteiger partial charge < -0.3 is 35.2 Å². The van der Waals surface area contributed by atoms with Gasteiger partial charge in [-0.25, -0.2) is 9.59 Å². The molecule has 0 bridgehead atoms. The summed E-state index contributed by atoms with van der Waals surface area (Å²) >= 11 is 3.45. The predicted molar refractivity (Wildman–Crippen MR) is 175 cm³/mol. The lowest BCUT2D eigenvalue weighted by Crippen LogP contribution is -2.56. The molecule has 0 spiro atoms. The Morgan fingerprint density at radius 2 is 2.00 bits per heavy atom. The van der Waals surface area contributed by atoms with Crippen molar-refractivity contribution < 1.29 is 38.9 Å². The average Bonchev–Trinajstić information content (AvgIpc) is 3.32. The molecule has 2 aliphatic heterocycles. The van der Waals surface area contributed by atoms with Gasteiger partial charge in [-0.05, 0) is 85.8 Å². The number of rotatable bonds is 7. The number of benzene rings is 1. The third-order valence-corrected chi connectivity index (χ3v) is 9.24. The summed E-state index contributed by atoms with van der Waals surface area (Å²) in [4.78, 5) is 56.0. The normalized spacial score (nSPS) is 27.1. The lowest BCUT2D eigenvalue weighted by atomic mass is 10.0. The number of ether oxygens (including phenoxy) is 2. The number of aliphatic carboxylic acids is 1. The smallest absolute Gasteiger partial charge is 0.408 e. The van der Waals surface area contributed by atoms with Crippen LogP contribution in [0.1, 0.15) is 71.8 Å². The number of fused-ring (bicyclic) bond motifs is 2. The SMILES string of the molecule is CC(C)(C)OC(=O)N[C@@H]1CCCCC/C=C\[C@H]2C[C@]2(C(=O)O)NC(=O)[C@@H]2C[C@H](n3nnc(-c4ccc(OCCO)c(Br)c4)n3)CN2C1=O. The number of amides is 3. The number of halogens is 1. The molecule has 1 saturated carbocycles. The van der Waals surface area contributed by atoms with Crippen LogP contribution in [0.4, 0.5) is 4.79 Å². The van der Waals surface area contributed by atoms with Crippen molar-refractivity contribution in [2.45, 2.75) is 95.0 Å². The van der Waals surface area contributed by atoms with E-state index in [1.54, 1.807) is 39.0 Å². The van der Waals surface area contributed by atoms with E-state index in [1.807, 2.05) is 12.2 Å². The first-order valence-electron chi connectivity index (χ1n) is 16.2. The number of carboxylic acid groups (broad SMARTS) is 1. The van der Waals surface area contributed by atoms with Crippen LogP contribution in [0.3, 0.4) is 0 Å². The third kappa shape index (κ3) is 8.14. The molecule has 0 radical (unpaired) electrons. The molecule has 1 aromatic carbocycles. The number of carbonyl (C=O) groups excluding carboxylic acids is 3. The summed E-state index contributed by atoms with van der Waals surface area (Å²) in [7, 11) is 0. The first kappa shape index (κ1) is 35.3. The highest BCUT2D eigenvalue weighted by Gasteiger charge is 2.61. The van der Waals surface area contributed by atoms with E-state index in [4.69, 9.17) is 14.6 Å². The molecule has 16 heteroatoms. The van der Waals surface area contributed by atoms with Gasteiger partial charge in [-0.3, -0.25) is 9.59 Å². The Kier molecular flexibility index (Phi) is 10.7. The van der Waals surface area contributed by atoms with Crippen LogP contribution in [0.25, 0.3) is 11.4 Å². The number of hydrogen-bond acceptors (Lipinski definition) is 10. The molecule has 3 aliphatic rings. The zero-order chi connectivity index (χ0) is 34.6. The number of aliphatic hydroxyl groups excluding tert-OH is 1. The van der Waals surface area contributed by atoms with Gasteiger partial charge in [0.1, 0.15) is 35.6 Å². The lowest BCUT2D eigenvalue weighted by molar-refractivity contribution is -0.145. The summed E-state index contributed by atoms with van der Waals surface area (Å²) in [5, 5.41) is 37.6. The zero-order valence-corrected chi connectivity index (χ0v) is 28.8. The Morgan fingerprint density at radius 1 is 1.21 bits per heavy atom. The molecule has 1 saturated heterocycles. The number of carbonyl (C=O) groups is 4. The highest BCUT2D eigenvalue weighted by Crippen LogP contribution is 2.45. The van der Waals surface area contributed by atoms with Crippen molar-refractivity contribution in [2.75, 3.05) is 19.8 Å². The van der Waals surface area contributed by atoms with Crippen molar-refractivity contribution >= 4 is 39.8 Å². The van der Waals surface area contributed by atoms with Crippen molar-refractivity contribution in [1.29, 1.82) is 0 Å². The quantitative estimate of drug-likeness (QED) is 0.306. The molecule has 2 fully saturated rings. The van der Waals surface area contributed by atoms with Gasteiger partial charge in [0.2, 0.25) is 17.6 Å². The van der Waals surface area contributed by atoms with E-state index in [0.29, 0.717) is 34.5 Å². The van der Waals surface area contributed by atoms with E-state index in [9.17, 15) is 24.3 Å². The van der Waals surface area contributed by atoms with Gasteiger partial charge in [0.15, 0.2) is 0 Å². The number of alkyl carbamates (subject to hydrolysis) is 1. The monoisotopic (exact) mass is 731 g/mol. The number of carboxylic acids is 1. The molecule has 15 nitrogen and oxygen atoms in total. The summed E-state index contributed by atoms with van der Waals surface area (Å²) in [5.41, 5.74) is -1.61. The Morgan fingerprint density at radius 3 is 2.71 bits per heavy atom. The Hall–Kier alpha value is -4.05. The molecule has 5 rings (SSSR count). The fourth-order valence-corrected chi connectivity index (χ4v) is 6.60. The topological polar surface area (TPSA) is 198 Å². The van der Waals surface area contributed by atoms with E-state index in [2.05, 4.69) is 42.0 Å². The van der Waals surface area contributed by atoms with E-state index < -0.39 is 53.1 Å². The summed E-state index contributed by atoms with van der Waals surface area (Å²) in [6.45, 7) is 5.22. The lowest BCUT2D eigenvalue weighted by Gasteiger charge is -2.30. The first-order chi connectivity index (χ1) is 22.8. The van der Waals surface area contributed by atoms with Gasteiger partial charge in [-0.2, -0.15) is 4.80 Å². The minimum absolute atomic E-state index is 0.0280. The Bertz CT molecular complexity index is 1560. The molecular formula is C32H42BrN7O8. The molecular weight excluding hydrogens is 690 g/mol. The Balaban J connectivity index is 1.42. The van der Waals surface area contributed by atoms with Crippen LogP contribution in [-0.2, 0) is 19.1 Å². The van der Waals surface area contributed by atoms with Crippen molar-refractivity contribution in [2.24, 2.45) is 5.92 Å². The molecule has 2 aromatic rings. The van der Waals surface area contributed by atoms with Gasteiger partial charge in [0.05, 0.1) is 17.1 Å². The highest BCUT2D eigenvalue weighted by atomic mass is 79.9. The minimum atomic E-state index is -1.45. The maximum atomic E-state index is 14.2. The van der Waals surface area contributed by atoms with Gasteiger partial charge in [0.25, 0.3) is 0 Å². The second-order valence-corrected chi connectivity index (χ2v) is 14.2. The van der Waals surface area contributed by atoms with Crippen molar-refractivity contribution in [1.82, 2.24) is 35.7 Å². The third-order valence-electron chi connectivity index (χ3n) is 8.62. The number of nitrogens with zero attached hydrogens (tertiary/aromatic N) is 5. The second-order valence-electron chi connectivity index (χ2n) is 13.4. The summed E-state index contributed by atoms with van der Waals surface area (Å²) in [5.74, 6) is -1.73. The van der Waals surface area contributed by atoms with Gasteiger partial charge in [0, 0.05) is 24.4 Å². The fraction of sp³-hybridized carbons (Fsp3) is 0.594. The highest BCUT2D eigenvalue weighted by molar-refractivity contribution is 9.10. The summed E-state index contributed by atoms with van der Waals surface area (Å²) in [6, 6.07) is 2.61. The predicted octanol–water partition coefficient (Wildman–Crippen LogP) is 2.99. The van der Waals surface area contributed by atoms with Crippen LogP contribution >= 0.6 is 15.9 Å². The number of allylic oxidation sites excluding steroid dienone is 1. The second kappa shape index (κ2) is 14.6. The van der Waals surface area contributed by atoms with E-state index in [-0.39, 0.29) is 38.5 Å². The molecule has 48 heavy (non-hydrogen) atoms. The van der Waals surface area contributed by atoms with Crippen molar-refractivity contribution in [3.05, 3.63) is 34.8 Å². The van der Waals surface area contributed by atoms with Crippen LogP contribution in [0.5, 0.6) is 5.75 Å². The average molecular weight is 733 g/mol. The largest absolute Gasteiger partial charge is 0.490 e. The molecule has 1 aliphatic carbocycles. The van der Waals surface area contributed by atoms with Crippen LogP contribution in [0, 0.1) is 5.92 Å². The van der Waals surface area contributed by atoms with Crippen molar-refractivity contribution in [3.8, 4) is 17.1 Å². The number of aliphatic hydroxyl groups is 1. The number of nitrogens with one attached hydrogen (secondary N) is 2. The van der Waals surface area contributed by atoms with E-state index >= 15 is 0 Å². The van der Waals surface area contributed by atoms with Crippen molar-refractivity contribution in [3.63, 3.8) is 0 Å². The first-order valence-corrected chi connectivity index (χ1v) is 17.0. The maximum Gasteiger partial charge on any atom is 0.408 e. The summed E-state index contributed by atoms with van der Waals surface area (Å²) in [6.07, 6.45) is 6.73. The fourth-order valence-electron chi connectivity index (χ4n) is 6.10. The standard InChI is InChI=1S/C32H42BrN7O8/c1-31(2,3)48-30(46)34-23-10-8-6-4-5-7-9-20-17-32(20,29(44)45)35-27(42)24-16-21(18-39(24)28(23)43)40-37-26(36-38-40)19-11-12-25(22(33)15-19)47-14-13-41/h7,9,11-12,15,20-21,23-24,41H,4-6,8,10,13-14,16-18H2,1-3H3,(H,34,46)(H,35,42)(H,44,45)/b9-7-/t20-,21-,23+,24-,32-/m0/s1. The van der Waals surface area contributed by atoms with Crippen LogP contribution < -0.4 is 15.4 Å². The van der Waals surface area contributed by atoms with Crippen LogP contribution in [0.2, 0.25) is 0 Å². The molecule has 260 valence electrons. The molecule has 0 unspecified atom stereocenters. The molecule has 5 atom stereocenters. The molecule has 4 N–H and O–H groups in total. The maximum absolute atomic E-state index is 14.2. The number of aromatic nitrogens is 4.